The molecule has 5 nitrogen and oxygen atoms in total. The third kappa shape index (κ3) is 2.22. The highest BCUT2D eigenvalue weighted by Crippen LogP contribution is 2.22. The van der Waals surface area contributed by atoms with E-state index in [0.717, 1.165) is 22.3 Å². The van der Waals surface area contributed by atoms with Crippen molar-refractivity contribution in [2.45, 2.75) is 13.0 Å². The normalized spacial score (nSPS) is 10.9. The Kier molecular flexibility index (Phi) is 2.79. The van der Waals surface area contributed by atoms with E-state index >= 15 is 0 Å². The molecule has 2 heterocycles. The van der Waals surface area contributed by atoms with Gasteiger partial charge >= 0.3 is 5.97 Å². The van der Waals surface area contributed by atoms with Crippen molar-refractivity contribution in [1.82, 2.24) is 14.5 Å². The highest BCUT2D eigenvalue weighted by molar-refractivity contribution is 5.85. The fourth-order valence-electron chi connectivity index (χ4n) is 2.32. The number of carboxylic acid groups (broad SMARTS) is 1. The molecule has 5 heteroatoms. The van der Waals surface area contributed by atoms with E-state index in [-0.39, 0.29) is 6.54 Å². The van der Waals surface area contributed by atoms with E-state index in [1.54, 1.807) is 17.0 Å². The van der Waals surface area contributed by atoms with Gasteiger partial charge in [-0.25, -0.2) is 4.98 Å². The van der Waals surface area contributed by atoms with Gasteiger partial charge < -0.3 is 14.7 Å². The van der Waals surface area contributed by atoms with Gasteiger partial charge in [-0.05, 0) is 11.6 Å². The Hall–Kier alpha value is -2.56. The van der Waals surface area contributed by atoms with Crippen molar-refractivity contribution in [3.05, 3.63) is 54.2 Å². The Morgan fingerprint density at radius 2 is 2.21 bits per heavy atom. The molecule has 0 fully saturated rings. The topological polar surface area (TPSA) is 70.9 Å². The van der Waals surface area contributed by atoms with Gasteiger partial charge in [0.05, 0.1) is 0 Å². The van der Waals surface area contributed by atoms with E-state index in [9.17, 15) is 4.79 Å². The number of benzene rings is 1. The molecule has 96 valence electrons. The highest BCUT2D eigenvalue weighted by atomic mass is 16.4. The number of nitrogens with one attached hydrogen (secondary N) is 1. The largest absolute Gasteiger partial charge is 0.480 e. The number of imidazole rings is 1. The number of fused-ring (bicyclic) bond motifs is 1. The zero-order chi connectivity index (χ0) is 13.2. The summed E-state index contributed by atoms with van der Waals surface area (Å²) < 4.78 is 1.76. The summed E-state index contributed by atoms with van der Waals surface area (Å²) in [7, 11) is 0. The molecule has 2 N–H and O–H groups in total. The lowest BCUT2D eigenvalue weighted by atomic mass is 10.1. The first kappa shape index (κ1) is 11.5. The minimum absolute atomic E-state index is 0.0291. The lowest BCUT2D eigenvalue weighted by Gasteiger charge is -1.99. The summed E-state index contributed by atoms with van der Waals surface area (Å²) in [6.45, 7) is -0.0291. The van der Waals surface area contributed by atoms with Crippen LogP contribution in [0.2, 0.25) is 0 Å². The summed E-state index contributed by atoms with van der Waals surface area (Å²) in [5.41, 5.74) is 2.01. The molecule has 0 saturated carbocycles. The fraction of sp³-hybridized carbons (Fsp3) is 0.143. The van der Waals surface area contributed by atoms with Crippen LogP contribution in [0.5, 0.6) is 0 Å². The Morgan fingerprint density at radius 1 is 1.37 bits per heavy atom. The van der Waals surface area contributed by atoms with Crippen molar-refractivity contribution in [1.29, 1.82) is 0 Å². The summed E-state index contributed by atoms with van der Waals surface area (Å²) in [5, 5.41) is 10.0. The number of aromatic nitrogens is 3. The molecule has 0 unspecified atom stereocenters. The molecule has 0 atom stereocenters. The summed E-state index contributed by atoms with van der Waals surface area (Å²) >= 11 is 0. The molecular weight excluding hydrogens is 242 g/mol. The van der Waals surface area contributed by atoms with Crippen molar-refractivity contribution < 1.29 is 9.90 Å². The van der Waals surface area contributed by atoms with Crippen LogP contribution in [0, 0.1) is 0 Å². The fourth-order valence-corrected chi connectivity index (χ4v) is 2.32. The van der Waals surface area contributed by atoms with Gasteiger partial charge in [-0.1, -0.05) is 18.2 Å². The summed E-state index contributed by atoms with van der Waals surface area (Å²) in [6.07, 6.45) is 6.05. The number of carboxylic acids is 1. The predicted molar refractivity (Wildman–Crippen MR) is 71.0 cm³/mol. The summed E-state index contributed by atoms with van der Waals surface area (Å²) in [4.78, 5) is 18.2. The van der Waals surface area contributed by atoms with Crippen LogP contribution in [0.1, 0.15) is 11.4 Å². The van der Waals surface area contributed by atoms with Crippen LogP contribution in [0.25, 0.3) is 10.9 Å². The molecule has 3 aromatic rings. The Labute approximate surface area is 109 Å². The smallest absolute Gasteiger partial charge is 0.323 e. The van der Waals surface area contributed by atoms with E-state index in [2.05, 4.69) is 9.97 Å². The number of rotatable bonds is 4. The third-order valence-corrected chi connectivity index (χ3v) is 3.09. The second-order valence-corrected chi connectivity index (χ2v) is 4.41. The van der Waals surface area contributed by atoms with E-state index < -0.39 is 5.97 Å². The Balaban J connectivity index is 2.06. The van der Waals surface area contributed by atoms with Gasteiger partial charge in [-0.3, -0.25) is 4.79 Å². The molecule has 0 amide bonds. The zero-order valence-corrected chi connectivity index (χ0v) is 10.2. The molecule has 0 aliphatic rings. The van der Waals surface area contributed by atoms with Gasteiger partial charge in [0.15, 0.2) is 0 Å². The minimum Gasteiger partial charge on any atom is -0.480 e. The molecule has 0 radical (unpaired) electrons. The molecule has 19 heavy (non-hydrogen) atoms. The number of aliphatic carboxylic acids is 1. The van der Waals surface area contributed by atoms with Crippen molar-refractivity contribution >= 4 is 16.9 Å². The van der Waals surface area contributed by atoms with E-state index in [4.69, 9.17) is 5.11 Å². The molecule has 2 aromatic heterocycles. The lowest BCUT2D eigenvalue weighted by Crippen LogP contribution is -2.07. The van der Waals surface area contributed by atoms with Crippen LogP contribution in [0.15, 0.2) is 42.9 Å². The monoisotopic (exact) mass is 255 g/mol. The van der Waals surface area contributed by atoms with E-state index in [1.807, 2.05) is 30.5 Å². The zero-order valence-electron chi connectivity index (χ0n) is 10.2. The second kappa shape index (κ2) is 4.61. The van der Waals surface area contributed by atoms with Crippen molar-refractivity contribution in [2.75, 3.05) is 0 Å². The average Bonchev–Trinajstić information content (AvgIpc) is 2.99. The van der Waals surface area contributed by atoms with Crippen molar-refractivity contribution in [3.63, 3.8) is 0 Å². The SMILES string of the molecule is O=C(O)Cn1cc(Cc2ncc[nH]2)c2ccccc21. The maximum absolute atomic E-state index is 10.9. The summed E-state index contributed by atoms with van der Waals surface area (Å²) in [5.74, 6) is 0.0310. The molecule has 3 rings (SSSR count). The van der Waals surface area contributed by atoms with E-state index in [0.29, 0.717) is 6.42 Å². The van der Waals surface area contributed by atoms with Gasteiger partial charge in [-0.15, -0.1) is 0 Å². The number of para-hydroxylation sites is 1. The number of nitrogens with zero attached hydrogens (tertiary/aromatic N) is 2. The third-order valence-electron chi connectivity index (χ3n) is 3.09. The Bertz CT molecular complexity index is 713. The number of aromatic amines is 1. The van der Waals surface area contributed by atoms with Crippen molar-refractivity contribution in [2.24, 2.45) is 0 Å². The highest BCUT2D eigenvalue weighted by Gasteiger charge is 2.11. The minimum atomic E-state index is -0.842. The van der Waals surface area contributed by atoms with Crippen molar-refractivity contribution in [3.8, 4) is 0 Å². The van der Waals surface area contributed by atoms with E-state index in [1.165, 1.54) is 0 Å². The molecule has 0 spiro atoms. The Morgan fingerprint density at radius 3 is 2.95 bits per heavy atom. The molecular formula is C14H13N3O2. The number of hydrogen-bond acceptors (Lipinski definition) is 2. The maximum atomic E-state index is 10.9. The lowest BCUT2D eigenvalue weighted by molar-refractivity contribution is -0.137. The van der Waals surface area contributed by atoms with Crippen LogP contribution in [0.3, 0.4) is 0 Å². The molecule has 1 aromatic carbocycles. The first-order valence-electron chi connectivity index (χ1n) is 6.01. The maximum Gasteiger partial charge on any atom is 0.323 e. The second-order valence-electron chi connectivity index (χ2n) is 4.41. The van der Waals surface area contributed by atoms with Crippen LogP contribution in [-0.2, 0) is 17.8 Å². The summed E-state index contributed by atoms with van der Waals surface area (Å²) in [6, 6.07) is 7.81. The first-order valence-corrected chi connectivity index (χ1v) is 6.01. The average molecular weight is 255 g/mol. The molecule has 0 saturated heterocycles. The standard InChI is InChI=1S/C14H13N3O2/c18-14(19)9-17-8-10(7-13-15-5-6-16-13)11-3-1-2-4-12(11)17/h1-6,8H,7,9H2,(H,15,16)(H,18,19). The molecule has 0 aliphatic heterocycles. The number of carbonyl (C=O) groups is 1. The molecule has 0 aliphatic carbocycles. The number of hydrogen-bond donors (Lipinski definition) is 2. The molecule has 0 bridgehead atoms. The van der Waals surface area contributed by atoms with Crippen LogP contribution < -0.4 is 0 Å². The van der Waals surface area contributed by atoms with Gasteiger partial charge in [0.2, 0.25) is 0 Å². The van der Waals surface area contributed by atoms with Gasteiger partial charge in [-0.2, -0.15) is 0 Å². The van der Waals surface area contributed by atoms with Gasteiger partial charge in [0.25, 0.3) is 0 Å². The quantitative estimate of drug-likeness (QED) is 0.749. The van der Waals surface area contributed by atoms with Crippen LogP contribution in [-0.4, -0.2) is 25.6 Å². The first-order chi connectivity index (χ1) is 9.24. The van der Waals surface area contributed by atoms with Gasteiger partial charge in [0.1, 0.15) is 12.4 Å². The van der Waals surface area contributed by atoms with Gasteiger partial charge in [0, 0.05) is 35.9 Å². The van der Waals surface area contributed by atoms with Crippen LogP contribution in [0.4, 0.5) is 0 Å². The number of H-pyrrole nitrogens is 1. The van der Waals surface area contributed by atoms with Crippen LogP contribution >= 0.6 is 0 Å². The predicted octanol–water partition coefficient (Wildman–Crippen LogP) is 2.04.